The molecule has 0 fully saturated rings. The molecule has 0 spiro atoms. The molecule has 0 bridgehead atoms. The lowest BCUT2D eigenvalue weighted by atomic mass is 10.6. The Kier molecular flexibility index (Phi) is 8.43. The van der Waals surface area contributed by atoms with Gasteiger partial charge in [0.25, 0.3) is 0 Å². The number of carbonyl (C=O) groups is 1. The Morgan fingerprint density at radius 3 is 2.12 bits per heavy atom. The molecule has 0 aliphatic heterocycles. The molecule has 0 saturated heterocycles. The highest BCUT2D eigenvalue weighted by atomic mass is 31.2. The van der Waals surface area contributed by atoms with Gasteiger partial charge in [-0.05, 0) is 27.9 Å². The molecule has 0 heterocycles. The lowest BCUT2D eigenvalue weighted by Crippen LogP contribution is -2.21. The van der Waals surface area contributed by atoms with E-state index in [-0.39, 0.29) is 26.0 Å². The Bertz CT molecular complexity index is 259. The van der Waals surface area contributed by atoms with Crippen molar-refractivity contribution < 1.29 is 23.1 Å². The summed E-state index contributed by atoms with van der Waals surface area (Å²) < 4.78 is 26.9. The Labute approximate surface area is 103 Å². The number of esters is 1. The Morgan fingerprint density at radius 1 is 1.18 bits per heavy atom. The third-order valence-electron chi connectivity index (χ3n) is 1.78. The second kappa shape index (κ2) is 8.64. The second-order valence-electron chi connectivity index (χ2n) is 3.63. The highest BCUT2D eigenvalue weighted by Crippen LogP contribution is 2.47. The first-order valence-electron chi connectivity index (χ1n) is 5.62. The summed E-state index contributed by atoms with van der Waals surface area (Å²) in [6.45, 7) is 4.76. The maximum absolute atomic E-state index is 12.0. The fourth-order valence-corrected chi connectivity index (χ4v) is 2.52. The van der Waals surface area contributed by atoms with Gasteiger partial charge < -0.3 is 18.7 Å². The van der Waals surface area contributed by atoms with Gasteiger partial charge in [-0.2, -0.15) is 0 Å². The lowest BCUT2D eigenvalue weighted by Gasteiger charge is -2.16. The van der Waals surface area contributed by atoms with Crippen LogP contribution in [0, 0.1) is 0 Å². The minimum atomic E-state index is -3.33. The van der Waals surface area contributed by atoms with Crippen molar-refractivity contribution in [1.29, 1.82) is 0 Å². The fourth-order valence-electron chi connectivity index (χ4n) is 1.07. The van der Waals surface area contributed by atoms with E-state index in [0.29, 0.717) is 6.54 Å². The van der Waals surface area contributed by atoms with Crippen molar-refractivity contribution in [3.63, 3.8) is 0 Å². The Balaban J connectivity index is 4.08. The van der Waals surface area contributed by atoms with E-state index >= 15 is 0 Å². The largest absolute Gasteiger partial charge is 0.464 e. The summed E-state index contributed by atoms with van der Waals surface area (Å²) in [5, 5.41) is 0. The molecule has 0 aromatic rings. The van der Waals surface area contributed by atoms with Crippen LogP contribution in [0.3, 0.4) is 0 Å². The van der Waals surface area contributed by atoms with Crippen LogP contribution >= 0.6 is 7.60 Å². The summed E-state index contributed by atoms with van der Waals surface area (Å²) in [6.07, 6.45) is -0.331. The molecule has 0 aliphatic carbocycles. The molecule has 0 N–H and O–H groups in total. The molecular formula is C10H22NO5P. The molecule has 0 atom stereocenters. The Hall–Kier alpha value is -0.420. The average molecular weight is 267 g/mol. The van der Waals surface area contributed by atoms with Gasteiger partial charge in [0.05, 0.1) is 13.2 Å². The van der Waals surface area contributed by atoms with Crippen molar-refractivity contribution in [2.75, 3.05) is 46.6 Å². The topological polar surface area (TPSA) is 65.1 Å². The maximum atomic E-state index is 12.0. The SMILES string of the molecule is CCOP(=O)(CC(=O)OCCN(C)C)OCC. The first kappa shape index (κ1) is 16.6. The molecule has 0 aromatic heterocycles. The van der Waals surface area contributed by atoms with Crippen LogP contribution in [0.15, 0.2) is 0 Å². The first-order chi connectivity index (χ1) is 7.93. The van der Waals surface area contributed by atoms with E-state index < -0.39 is 13.6 Å². The summed E-state index contributed by atoms with van der Waals surface area (Å²) in [7, 11) is 0.421. The van der Waals surface area contributed by atoms with Gasteiger partial charge in [0.1, 0.15) is 12.8 Å². The van der Waals surface area contributed by atoms with E-state index in [0.717, 1.165) is 0 Å². The van der Waals surface area contributed by atoms with Gasteiger partial charge in [0, 0.05) is 6.54 Å². The number of ether oxygens (including phenoxy) is 1. The normalized spacial score (nSPS) is 11.8. The third kappa shape index (κ3) is 8.32. The molecule has 0 radical (unpaired) electrons. The summed E-state index contributed by atoms with van der Waals surface area (Å²) in [5.41, 5.74) is 0. The maximum Gasteiger partial charge on any atom is 0.341 e. The van der Waals surface area contributed by atoms with Crippen molar-refractivity contribution in [3.8, 4) is 0 Å². The van der Waals surface area contributed by atoms with E-state index in [2.05, 4.69) is 0 Å². The monoisotopic (exact) mass is 267 g/mol. The molecule has 0 rings (SSSR count). The zero-order valence-electron chi connectivity index (χ0n) is 11.0. The molecule has 0 amide bonds. The van der Waals surface area contributed by atoms with E-state index in [1.165, 1.54) is 0 Å². The molecule has 7 heteroatoms. The van der Waals surface area contributed by atoms with Gasteiger partial charge >= 0.3 is 13.6 Å². The van der Waals surface area contributed by atoms with Gasteiger partial charge in [0.2, 0.25) is 0 Å². The zero-order valence-corrected chi connectivity index (χ0v) is 11.9. The summed E-state index contributed by atoms with van der Waals surface area (Å²) in [4.78, 5) is 13.3. The molecule has 0 saturated carbocycles. The molecule has 0 unspecified atom stereocenters. The number of hydrogen-bond acceptors (Lipinski definition) is 6. The summed E-state index contributed by atoms with van der Waals surface area (Å²) >= 11 is 0. The van der Waals surface area contributed by atoms with E-state index in [9.17, 15) is 9.36 Å². The van der Waals surface area contributed by atoms with Gasteiger partial charge in [-0.25, -0.2) is 0 Å². The van der Waals surface area contributed by atoms with Crippen LogP contribution < -0.4 is 0 Å². The number of likely N-dealkylation sites (N-methyl/N-ethyl adjacent to an activating group) is 1. The summed E-state index contributed by atoms with van der Waals surface area (Å²) in [6, 6.07) is 0. The zero-order chi connectivity index (χ0) is 13.3. The van der Waals surface area contributed by atoms with Crippen LogP contribution in [-0.2, 0) is 23.1 Å². The Morgan fingerprint density at radius 2 is 1.71 bits per heavy atom. The van der Waals surface area contributed by atoms with Gasteiger partial charge in [-0.15, -0.1) is 0 Å². The minimum absolute atomic E-state index is 0.238. The van der Waals surface area contributed by atoms with Crippen LogP contribution in [0.5, 0.6) is 0 Å². The molecular weight excluding hydrogens is 245 g/mol. The van der Waals surface area contributed by atoms with Crippen molar-refractivity contribution >= 4 is 13.6 Å². The number of carbonyl (C=O) groups excluding carboxylic acids is 1. The number of rotatable bonds is 9. The predicted molar refractivity (Wildman–Crippen MR) is 65.2 cm³/mol. The van der Waals surface area contributed by atoms with E-state index in [4.69, 9.17) is 13.8 Å². The van der Waals surface area contributed by atoms with Crippen LogP contribution in [0.1, 0.15) is 13.8 Å². The van der Waals surface area contributed by atoms with Crippen LogP contribution in [0.2, 0.25) is 0 Å². The molecule has 102 valence electrons. The van der Waals surface area contributed by atoms with Crippen molar-refractivity contribution in [3.05, 3.63) is 0 Å². The molecule has 0 aromatic carbocycles. The minimum Gasteiger partial charge on any atom is -0.464 e. The first-order valence-corrected chi connectivity index (χ1v) is 7.34. The van der Waals surface area contributed by atoms with Gasteiger partial charge in [0.15, 0.2) is 0 Å². The molecule has 0 aliphatic rings. The third-order valence-corrected chi connectivity index (χ3v) is 3.72. The van der Waals surface area contributed by atoms with Crippen LogP contribution in [0.25, 0.3) is 0 Å². The van der Waals surface area contributed by atoms with Gasteiger partial charge in [-0.1, -0.05) is 0 Å². The van der Waals surface area contributed by atoms with Crippen LogP contribution in [-0.4, -0.2) is 57.5 Å². The average Bonchev–Trinajstić information content (AvgIpc) is 2.16. The molecule has 6 nitrogen and oxygen atoms in total. The highest BCUT2D eigenvalue weighted by Gasteiger charge is 2.28. The fraction of sp³-hybridized carbons (Fsp3) is 0.900. The standard InChI is InChI=1S/C10H22NO5P/c1-5-15-17(13,16-6-2)9-10(12)14-8-7-11(3)4/h5-9H2,1-4H3. The highest BCUT2D eigenvalue weighted by molar-refractivity contribution is 7.54. The smallest absolute Gasteiger partial charge is 0.341 e. The van der Waals surface area contributed by atoms with Crippen molar-refractivity contribution in [2.45, 2.75) is 13.8 Å². The van der Waals surface area contributed by atoms with Crippen molar-refractivity contribution in [1.82, 2.24) is 4.90 Å². The van der Waals surface area contributed by atoms with Gasteiger partial charge in [-0.3, -0.25) is 9.36 Å². The lowest BCUT2D eigenvalue weighted by molar-refractivity contribution is -0.141. The van der Waals surface area contributed by atoms with Crippen LogP contribution in [0.4, 0.5) is 0 Å². The predicted octanol–water partition coefficient (Wildman–Crippen LogP) is 1.36. The second-order valence-corrected chi connectivity index (χ2v) is 5.68. The number of hydrogen-bond donors (Lipinski definition) is 0. The van der Waals surface area contributed by atoms with Crippen molar-refractivity contribution in [2.24, 2.45) is 0 Å². The summed E-state index contributed by atoms with van der Waals surface area (Å²) in [5.74, 6) is -0.558. The number of nitrogens with zero attached hydrogens (tertiary/aromatic N) is 1. The molecule has 17 heavy (non-hydrogen) atoms. The van der Waals surface area contributed by atoms with E-state index in [1.54, 1.807) is 13.8 Å². The van der Waals surface area contributed by atoms with E-state index in [1.807, 2.05) is 19.0 Å². The quantitative estimate of drug-likeness (QED) is 0.464.